The van der Waals surface area contributed by atoms with Crippen LogP contribution in [0.1, 0.15) is 34.5 Å². The van der Waals surface area contributed by atoms with E-state index in [0.29, 0.717) is 23.8 Å². The van der Waals surface area contributed by atoms with Crippen LogP contribution < -0.4 is 5.32 Å². The molecule has 0 spiro atoms. The highest BCUT2D eigenvalue weighted by Crippen LogP contribution is 2.26. The number of nitrogens with one attached hydrogen (secondary N) is 1. The monoisotopic (exact) mass is 399 g/mol. The van der Waals surface area contributed by atoms with E-state index in [-0.39, 0.29) is 5.91 Å². The highest BCUT2D eigenvalue weighted by molar-refractivity contribution is 5.93. The fourth-order valence-corrected chi connectivity index (χ4v) is 3.85. The zero-order valence-corrected chi connectivity index (χ0v) is 17.3. The Morgan fingerprint density at radius 1 is 1.17 bits per heavy atom. The summed E-state index contributed by atoms with van der Waals surface area (Å²) in [5.74, 6) is -0.0456. The number of likely N-dealkylation sites (tertiary alicyclic amines) is 1. The van der Waals surface area contributed by atoms with Crippen LogP contribution in [-0.2, 0) is 0 Å². The second-order valence-electron chi connectivity index (χ2n) is 7.73. The molecule has 0 unspecified atom stereocenters. The lowest BCUT2D eigenvalue weighted by molar-refractivity contribution is 0.0691. The maximum Gasteiger partial charge on any atom is 0.274 e. The van der Waals surface area contributed by atoms with E-state index >= 15 is 0 Å². The molecule has 2 aromatic carbocycles. The van der Waals surface area contributed by atoms with Gasteiger partial charge in [-0.05, 0) is 57.1 Å². The fraction of sp³-hybridized carbons (Fsp3) is 0.292. The average Bonchev–Trinajstić information content (AvgIpc) is 3.24. The van der Waals surface area contributed by atoms with Gasteiger partial charge in [0.2, 0.25) is 0 Å². The van der Waals surface area contributed by atoms with Gasteiger partial charge in [0, 0.05) is 24.7 Å². The molecule has 0 radical (unpaired) electrons. The van der Waals surface area contributed by atoms with E-state index in [0.717, 1.165) is 41.9 Å². The first kappa shape index (κ1) is 19.9. The van der Waals surface area contributed by atoms with E-state index < -0.39 is 0 Å². The molecule has 4 rings (SSSR count). The quantitative estimate of drug-likeness (QED) is 0.728. The van der Waals surface area contributed by atoms with Crippen molar-refractivity contribution in [2.24, 2.45) is 0 Å². The van der Waals surface area contributed by atoms with E-state index in [2.05, 4.69) is 11.4 Å². The Morgan fingerprint density at radius 3 is 2.57 bits per heavy atom. The van der Waals surface area contributed by atoms with Crippen molar-refractivity contribution in [3.63, 3.8) is 0 Å². The summed E-state index contributed by atoms with van der Waals surface area (Å²) in [5.41, 5.74) is 4.83. The number of carbonyl (C=O) groups is 1. The van der Waals surface area contributed by atoms with Gasteiger partial charge in [0.05, 0.1) is 23.0 Å². The SMILES string of the molecule is CN[C@@H]1CCCN(C(=O)c2cc(-c3ccc(C#N)cc3)n(-c3ccc(C)cc3)n2)C1. The molecule has 1 aliphatic rings. The van der Waals surface area contributed by atoms with E-state index in [1.165, 1.54) is 0 Å². The van der Waals surface area contributed by atoms with Crippen LogP contribution in [-0.4, -0.2) is 46.8 Å². The fourth-order valence-electron chi connectivity index (χ4n) is 3.85. The van der Waals surface area contributed by atoms with E-state index in [1.54, 1.807) is 12.1 Å². The summed E-state index contributed by atoms with van der Waals surface area (Å²) in [4.78, 5) is 15.1. The van der Waals surface area contributed by atoms with Crippen molar-refractivity contribution in [2.75, 3.05) is 20.1 Å². The van der Waals surface area contributed by atoms with Crippen molar-refractivity contribution >= 4 is 5.91 Å². The van der Waals surface area contributed by atoms with Gasteiger partial charge in [-0.15, -0.1) is 0 Å². The summed E-state index contributed by atoms with van der Waals surface area (Å²) in [7, 11) is 1.94. The number of hydrogen-bond donors (Lipinski definition) is 1. The molecule has 1 fully saturated rings. The number of likely N-dealkylation sites (N-methyl/N-ethyl adjacent to an activating group) is 1. The van der Waals surface area contributed by atoms with Gasteiger partial charge in [0.15, 0.2) is 5.69 Å². The number of nitrogens with zero attached hydrogens (tertiary/aromatic N) is 4. The molecule has 2 heterocycles. The predicted octanol–water partition coefficient (Wildman–Crippen LogP) is 3.54. The molecular formula is C24H25N5O. The van der Waals surface area contributed by atoms with E-state index in [1.807, 2.05) is 66.0 Å². The number of nitriles is 1. The third kappa shape index (κ3) is 3.98. The van der Waals surface area contributed by atoms with Crippen molar-refractivity contribution in [1.29, 1.82) is 5.26 Å². The summed E-state index contributed by atoms with van der Waals surface area (Å²) in [6.45, 7) is 3.48. The minimum atomic E-state index is -0.0456. The molecule has 152 valence electrons. The highest BCUT2D eigenvalue weighted by Gasteiger charge is 2.26. The molecule has 6 heteroatoms. The number of amides is 1. The maximum atomic E-state index is 13.2. The predicted molar refractivity (Wildman–Crippen MR) is 116 cm³/mol. The number of piperidine rings is 1. The Bertz CT molecular complexity index is 1080. The van der Waals surface area contributed by atoms with Gasteiger partial charge < -0.3 is 10.2 Å². The number of hydrogen-bond acceptors (Lipinski definition) is 4. The molecule has 1 aliphatic heterocycles. The summed E-state index contributed by atoms with van der Waals surface area (Å²) < 4.78 is 1.81. The standard InChI is InChI=1S/C24H25N5O/c1-17-5-11-21(12-6-17)29-23(19-9-7-18(15-25)8-10-19)14-22(27-29)24(30)28-13-3-4-20(16-28)26-2/h5-12,14,20,26H,3-4,13,16H2,1-2H3/t20-/m1/s1. The lowest BCUT2D eigenvalue weighted by Gasteiger charge is -2.32. The Labute approximate surface area is 176 Å². The summed E-state index contributed by atoms with van der Waals surface area (Å²) in [6.07, 6.45) is 2.06. The molecule has 1 N–H and O–H groups in total. The second kappa shape index (κ2) is 8.52. The van der Waals surface area contributed by atoms with Gasteiger partial charge >= 0.3 is 0 Å². The molecular weight excluding hydrogens is 374 g/mol. The third-order valence-electron chi connectivity index (χ3n) is 5.63. The minimum absolute atomic E-state index is 0.0456. The Balaban J connectivity index is 1.74. The topological polar surface area (TPSA) is 74.0 Å². The molecule has 30 heavy (non-hydrogen) atoms. The van der Waals surface area contributed by atoms with Gasteiger partial charge in [0.25, 0.3) is 5.91 Å². The number of rotatable bonds is 4. The van der Waals surface area contributed by atoms with Crippen LogP contribution in [0.5, 0.6) is 0 Å². The smallest absolute Gasteiger partial charge is 0.274 e. The molecule has 6 nitrogen and oxygen atoms in total. The molecule has 1 amide bonds. The van der Waals surface area contributed by atoms with Crippen LogP contribution in [0, 0.1) is 18.3 Å². The Kier molecular flexibility index (Phi) is 5.64. The normalized spacial score (nSPS) is 16.3. The average molecular weight is 399 g/mol. The number of carbonyl (C=O) groups excluding carboxylic acids is 1. The second-order valence-corrected chi connectivity index (χ2v) is 7.73. The molecule has 0 aliphatic carbocycles. The first-order valence-corrected chi connectivity index (χ1v) is 10.2. The molecule has 0 saturated carbocycles. The number of aromatic nitrogens is 2. The number of benzene rings is 2. The van der Waals surface area contributed by atoms with E-state index in [4.69, 9.17) is 10.4 Å². The van der Waals surface area contributed by atoms with Crippen molar-refractivity contribution in [2.45, 2.75) is 25.8 Å². The van der Waals surface area contributed by atoms with Gasteiger partial charge in [-0.25, -0.2) is 4.68 Å². The highest BCUT2D eigenvalue weighted by atomic mass is 16.2. The first-order valence-electron chi connectivity index (χ1n) is 10.2. The molecule has 1 aromatic heterocycles. The zero-order chi connectivity index (χ0) is 21.1. The lowest BCUT2D eigenvalue weighted by Crippen LogP contribution is -2.47. The van der Waals surface area contributed by atoms with Crippen LogP contribution in [0.15, 0.2) is 54.6 Å². The van der Waals surface area contributed by atoms with Gasteiger partial charge in [-0.1, -0.05) is 29.8 Å². The van der Waals surface area contributed by atoms with Crippen molar-refractivity contribution < 1.29 is 4.79 Å². The summed E-state index contributed by atoms with van der Waals surface area (Å²) in [5, 5.41) is 17.1. The van der Waals surface area contributed by atoms with E-state index in [9.17, 15) is 4.79 Å². The Morgan fingerprint density at radius 2 is 1.90 bits per heavy atom. The maximum absolute atomic E-state index is 13.2. The van der Waals surface area contributed by atoms with Crippen molar-refractivity contribution in [3.05, 3.63) is 71.4 Å². The van der Waals surface area contributed by atoms with Crippen molar-refractivity contribution in [3.8, 4) is 23.0 Å². The van der Waals surface area contributed by atoms with Crippen LogP contribution in [0.2, 0.25) is 0 Å². The van der Waals surface area contributed by atoms with Gasteiger partial charge in [-0.3, -0.25) is 4.79 Å². The molecule has 1 atom stereocenters. The van der Waals surface area contributed by atoms with Gasteiger partial charge in [0.1, 0.15) is 0 Å². The largest absolute Gasteiger partial charge is 0.336 e. The molecule has 1 saturated heterocycles. The van der Waals surface area contributed by atoms with Crippen LogP contribution in [0.25, 0.3) is 16.9 Å². The third-order valence-corrected chi connectivity index (χ3v) is 5.63. The minimum Gasteiger partial charge on any atom is -0.336 e. The summed E-state index contributed by atoms with van der Waals surface area (Å²) >= 11 is 0. The molecule has 0 bridgehead atoms. The van der Waals surface area contributed by atoms with Crippen molar-refractivity contribution in [1.82, 2.24) is 20.0 Å². The molecule has 3 aromatic rings. The Hall–Kier alpha value is -3.43. The first-order chi connectivity index (χ1) is 14.6. The number of aryl methyl sites for hydroxylation is 1. The summed E-state index contributed by atoms with van der Waals surface area (Å²) in [6, 6.07) is 19.7. The van der Waals surface area contributed by atoms with Crippen LogP contribution >= 0.6 is 0 Å². The van der Waals surface area contributed by atoms with Crippen LogP contribution in [0.3, 0.4) is 0 Å². The van der Waals surface area contributed by atoms with Crippen LogP contribution in [0.4, 0.5) is 0 Å². The van der Waals surface area contributed by atoms with Gasteiger partial charge in [-0.2, -0.15) is 10.4 Å². The zero-order valence-electron chi connectivity index (χ0n) is 17.3. The lowest BCUT2D eigenvalue weighted by atomic mass is 10.1.